The van der Waals surface area contributed by atoms with Gasteiger partial charge in [0.15, 0.2) is 0 Å². The summed E-state index contributed by atoms with van der Waals surface area (Å²) in [6.07, 6.45) is 4.04. The van der Waals surface area contributed by atoms with Crippen LogP contribution in [-0.4, -0.2) is 38.7 Å². The number of carbonyl (C=O) groups is 1. The van der Waals surface area contributed by atoms with Gasteiger partial charge in [-0.25, -0.2) is 4.68 Å². The molecule has 26 heavy (non-hydrogen) atoms. The Labute approximate surface area is 152 Å². The highest BCUT2D eigenvalue weighted by Crippen LogP contribution is 2.16. The number of rotatable bonds is 6. The molecule has 0 aliphatic heterocycles. The summed E-state index contributed by atoms with van der Waals surface area (Å²) < 4.78 is 1.29. The number of pyridine rings is 1. The summed E-state index contributed by atoms with van der Waals surface area (Å²) in [6, 6.07) is 11.3. The quantitative estimate of drug-likeness (QED) is 0.684. The van der Waals surface area contributed by atoms with Gasteiger partial charge in [0.2, 0.25) is 5.91 Å². The first-order chi connectivity index (χ1) is 12.6. The zero-order valence-electron chi connectivity index (χ0n) is 15.1. The van der Waals surface area contributed by atoms with E-state index in [4.69, 9.17) is 0 Å². The summed E-state index contributed by atoms with van der Waals surface area (Å²) in [5.41, 5.74) is 1.59. The molecule has 1 amide bonds. The molecule has 3 rings (SSSR count). The minimum Gasteiger partial charge on any atom is -0.342 e. The van der Waals surface area contributed by atoms with E-state index in [2.05, 4.69) is 10.1 Å². The highest BCUT2D eigenvalue weighted by atomic mass is 16.2. The first-order valence-electron chi connectivity index (χ1n) is 8.79. The molecule has 0 aliphatic carbocycles. The monoisotopic (exact) mass is 350 g/mol. The van der Waals surface area contributed by atoms with E-state index < -0.39 is 0 Å². The molecule has 2 aromatic heterocycles. The van der Waals surface area contributed by atoms with Crippen molar-refractivity contribution in [2.75, 3.05) is 13.1 Å². The van der Waals surface area contributed by atoms with Crippen LogP contribution in [0.5, 0.6) is 0 Å². The number of benzene rings is 1. The fourth-order valence-electron chi connectivity index (χ4n) is 3.04. The third-order valence-electron chi connectivity index (χ3n) is 4.47. The van der Waals surface area contributed by atoms with Gasteiger partial charge in [-0.2, -0.15) is 5.10 Å². The Hall–Kier alpha value is -3.02. The molecule has 0 atom stereocenters. The first-order valence-corrected chi connectivity index (χ1v) is 8.79. The minimum absolute atomic E-state index is 0.0469. The van der Waals surface area contributed by atoms with Gasteiger partial charge in [0.25, 0.3) is 5.56 Å². The molecule has 0 fully saturated rings. The predicted molar refractivity (Wildman–Crippen MR) is 101 cm³/mol. The first kappa shape index (κ1) is 17.8. The van der Waals surface area contributed by atoms with E-state index in [1.807, 2.05) is 44.2 Å². The third kappa shape index (κ3) is 3.64. The summed E-state index contributed by atoms with van der Waals surface area (Å²) in [5.74, 6) is -0.102. The molecule has 0 saturated heterocycles. The van der Waals surface area contributed by atoms with Crippen LogP contribution < -0.4 is 5.56 Å². The summed E-state index contributed by atoms with van der Waals surface area (Å²) in [4.78, 5) is 31.0. The van der Waals surface area contributed by atoms with Crippen molar-refractivity contribution in [1.82, 2.24) is 19.7 Å². The van der Waals surface area contributed by atoms with E-state index in [9.17, 15) is 9.59 Å². The molecule has 6 nitrogen and oxygen atoms in total. The number of amides is 1. The summed E-state index contributed by atoms with van der Waals surface area (Å²) in [7, 11) is 0. The number of carbonyl (C=O) groups excluding carboxylic acids is 1. The molecule has 0 aliphatic rings. The van der Waals surface area contributed by atoms with E-state index in [0.717, 1.165) is 16.6 Å². The van der Waals surface area contributed by atoms with E-state index in [-0.39, 0.29) is 18.0 Å². The van der Waals surface area contributed by atoms with Crippen LogP contribution in [0, 0.1) is 0 Å². The fourth-order valence-corrected chi connectivity index (χ4v) is 3.04. The smallest absolute Gasteiger partial charge is 0.275 e. The Balaban J connectivity index is 2.05. The van der Waals surface area contributed by atoms with Gasteiger partial charge >= 0.3 is 0 Å². The molecule has 1 aromatic carbocycles. The topological polar surface area (TPSA) is 68.1 Å². The Morgan fingerprint density at radius 2 is 1.69 bits per heavy atom. The lowest BCUT2D eigenvalue weighted by molar-refractivity contribution is -0.131. The third-order valence-corrected chi connectivity index (χ3v) is 4.47. The van der Waals surface area contributed by atoms with Gasteiger partial charge in [0, 0.05) is 37.3 Å². The lowest BCUT2D eigenvalue weighted by Crippen LogP contribution is -2.37. The molecular weight excluding hydrogens is 328 g/mol. The number of hydrogen-bond acceptors (Lipinski definition) is 4. The Kier molecular flexibility index (Phi) is 5.41. The van der Waals surface area contributed by atoms with Crippen molar-refractivity contribution in [3.63, 3.8) is 0 Å². The van der Waals surface area contributed by atoms with E-state index in [1.54, 1.807) is 23.4 Å². The maximum atomic E-state index is 12.8. The molecule has 134 valence electrons. The Morgan fingerprint density at radius 3 is 2.35 bits per heavy atom. The lowest BCUT2D eigenvalue weighted by atomic mass is 10.1. The van der Waals surface area contributed by atoms with Gasteiger partial charge < -0.3 is 4.90 Å². The fraction of sp³-hybridized carbons (Fsp3) is 0.300. The van der Waals surface area contributed by atoms with Gasteiger partial charge in [0.1, 0.15) is 6.54 Å². The number of likely N-dealkylation sites (N-methyl/N-ethyl adjacent to an activating group) is 1. The normalized spacial score (nSPS) is 10.8. The van der Waals surface area contributed by atoms with Crippen molar-refractivity contribution in [2.24, 2.45) is 0 Å². The van der Waals surface area contributed by atoms with Crippen LogP contribution in [0.15, 0.2) is 53.6 Å². The van der Waals surface area contributed by atoms with Crippen LogP contribution in [0.1, 0.15) is 25.1 Å². The molecule has 0 N–H and O–H groups in total. The highest BCUT2D eigenvalue weighted by molar-refractivity contribution is 5.84. The van der Waals surface area contributed by atoms with Gasteiger partial charge in [0.05, 0.1) is 11.1 Å². The SMILES string of the molecule is CCN(CC)C(=O)Cn1nc(Cc2ccncc2)c2ccccc2c1=O. The molecule has 2 heterocycles. The second kappa shape index (κ2) is 7.91. The van der Waals surface area contributed by atoms with Crippen LogP contribution in [0.2, 0.25) is 0 Å². The zero-order valence-corrected chi connectivity index (χ0v) is 15.1. The largest absolute Gasteiger partial charge is 0.342 e. The molecule has 0 saturated carbocycles. The van der Waals surface area contributed by atoms with Crippen LogP contribution in [0.4, 0.5) is 0 Å². The Morgan fingerprint density at radius 1 is 1.04 bits per heavy atom. The molecule has 0 spiro atoms. The van der Waals surface area contributed by atoms with E-state index in [0.29, 0.717) is 24.9 Å². The van der Waals surface area contributed by atoms with Crippen molar-refractivity contribution >= 4 is 16.7 Å². The molecule has 0 bridgehead atoms. The molecule has 0 radical (unpaired) electrons. The zero-order chi connectivity index (χ0) is 18.5. The number of hydrogen-bond donors (Lipinski definition) is 0. The van der Waals surface area contributed by atoms with Crippen LogP contribution >= 0.6 is 0 Å². The molecule has 3 aromatic rings. The van der Waals surface area contributed by atoms with Crippen molar-refractivity contribution in [3.8, 4) is 0 Å². The standard InChI is InChI=1S/C20H22N4O2/c1-3-23(4-2)19(25)14-24-20(26)17-8-6-5-7-16(17)18(22-24)13-15-9-11-21-12-10-15/h5-12H,3-4,13-14H2,1-2H3. The average molecular weight is 350 g/mol. The van der Waals surface area contributed by atoms with Crippen molar-refractivity contribution in [1.29, 1.82) is 0 Å². The van der Waals surface area contributed by atoms with Crippen LogP contribution in [0.25, 0.3) is 10.8 Å². The number of aromatic nitrogens is 3. The second-order valence-corrected chi connectivity index (χ2v) is 6.05. The minimum atomic E-state index is -0.236. The molecule has 6 heteroatoms. The van der Waals surface area contributed by atoms with E-state index in [1.165, 1.54) is 4.68 Å². The second-order valence-electron chi connectivity index (χ2n) is 6.05. The lowest BCUT2D eigenvalue weighted by Gasteiger charge is -2.19. The molecule has 0 unspecified atom stereocenters. The highest BCUT2D eigenvalue weighted by Gasteiger charge is 2.15. The van der Waals surface area contributed by atoms with E-state index >= 15 is 0 Å². The maximum Gasteiger partial charge on any atom is 0.275 e. The number of fused-ring (bicyclic) bond motifs is 1. The van der Waals surface area contributed by atoms with Gasteiger partial charge in [-0.15, -0.1) is 0 Å². The summed E-state index contributed by atoms with van der Waals surface area (Å²) in [5, 5.41) is 5.93. The maximum absolute atomic E-state index is 12.8. The summed E-state index contributed by atoms with van der Waals surface area (Å²) in [6.45, 7) is 5.03. The number of nitrogens with zero attached hydrogens (tertiary/aromatic N) is 4. The Bertz CT molecular complexity index is 962. The predicted octanol–water partition coefficient (Wildman–Crippen LogP) is 2.25. The van der Waals surface area contributed by atoms with Gasteiger partial charge in [-0.05, 0) is 37.6 Å². The van der Waals surface area contributed by atoms with Crippen LogP contribution in [0.3, 0.4) is 0 Å². The van der Waals surface area contributed by atoms with Gasteiger partial charge in [-0.1, -0.05) is 18.2 Å². The van der Waals surface area contributed by atoms with Crippen LogP contribution in [-0.2, 0) is 17.8 Å². The molecular formula is C20H22N4O2. The van der Waals surface area contributed by atoms with Crippen molar-refractivity contribution in [3.05, 3.63) is 70.4 Å². The van der Waals surface area contributed by atoms with Crippen molar-refractivity contribution in [2.45, 2.75) is 26.8 Å². The average Bonchev–Trinajstić information content (AvgIpc) is 2.67. The van der Waals surface area contributed by atoms with Gasteiger partial charge in [-0.3, -0.25) is 14.6 Å². The van der Waals surface area contributed by atoms with Crippen molar-refractivity contribution < 1.29 is 4.79 Å². The summed E-state index contributed by atoms with van der Waals surface area (Å²) >= 11 is 0.